The Labute approximate surface area is 129 Å². The molecule has 1 atom stereocenters. The Morgan fingerprint density at radius 3 is 2.83 bits per heavy atom. The van der Waals surface area contributed by atoms with E-state index in [-0.39, 0.29) is 0 Å². The first-order chi connectivity index (χ1) is 8.58. The molecule has 0 aromatic carbocycles. The molecule has 2 aromatic heterocycles. The van der Waals surface area contributed by atoms with Gasteiger partial charge in [-0.3, -0.25) is 0 Å². The summed E-state index contributed by atoms with van der Waals surface area (Å²) in [4.78, 5) is 11.5. The number of nitrogens with zero attached hydrogens (tertiary/aromatic N) is 4. The van der Waals surface area contributed by atoms with Crippen molar-refractivity contribution in [2.75, 3.05) is 14.1 Å². The van der Waals surface area contributed by atoms with E-state index in [0.717, 1.165) is 8.18 Å². The molecule has 0 spiro atoms. The second kappa shape index (κ2) is 4.76. The van der Waals surface area contributed by atoms with Gasteiger partial charge in [-0.1, -0.05) is 0 Å². The summed E-state index contributed by atoms with van der Waals surface area (Å²) in [6.07, 6.45) is 6.36. The van der Waals surface area contributed by atoms with Crippen molar-refractivity contribution < 1.29 is 0 Å². The van der Waals surface area contributed by atoms with Crippen LogP contribution in [-0.2, 0) is 0 Å². The molecular weight excluding hydrogens is 402 g/mol. The van der Waals surface area contributed by atoms with Crippen molar-refractivity contribution in [1.29, 1.82) is 0 Å². The average Bonchev–Trinajstić information content (AvgIpc) is 2.55. The zero-order valence-corrected chi connectivity index (χ0v) is 15.0. The Kier molecular flexibility index (Phi) is 3.41. The van der Waals surface area contributed by atoms with E-state index >= 15 is 0 Å². The number of rotatable bonds is 2. The van der Waals surface area contributed by atoms with Gasteiger partial charge in [0.2, 0.25) is 0 Å². The molecule has 0 N–H and O–H groups in total. The van der Waals surface area contributed by atoms with Gasteiger partial charge >= 0.3 is 130 Å². The molecule has 1 unspecified atom stereocenters. The summed E-state index contributed by atoms with van der Waals surface area (Å²) < 4.78 is 4.45. The maximum atomic E-state index is 4.77. The van der Waals surface area contributed by atoms with Crippen molar-refractivity contribution in [3.8, 4) is 0 Å². The summed E-state index contributed by atoms with van der Waals surface area (Å²) in [5.74, 6) is 1.82. The van der Waals surface area contributed by atoms with E-state index in [2.05, 4.69) is 51.0 Å². The van der Waals surface area contributed by atoms with Gasteiger partial charge in [0.1, 0.15) is 0 Å². The molecule has 4 nitrogen and oxygen atoms in total. The maximum absolute atomic E-state index is 4.77. The van der Waals surface area contributed by atoms with Crippen molar-refractivity contribution in [3.05, 3.63) is 21.9 Å². The Balaban J connectivity index is 1.97. The van der Waals surface area contributed by atoms with E-state index in [4.69, 9.17) is 4.98 Å². The van der Waals surface area contributed by atoms with E-state index < -0.39 is 0 Å². The van der Waals surface area contributed by atoms with Crippen molar-refractivity contribution >= 4 is 49.4 Å². The average molecular weight is 418 g/mol. The summed E-state index contributed by atoms with van der Waals surface area (Å²) in [7, 11) is 4.32. The van der Waals surface area contributed by atoms with Gasteiger partial charge in [-0.15, -0.1) is 0 Å². The first-order valence-corrected chi connectivity index (χ1v) is 8.31. The second-order valence-corrected chi connectivity index (χ2v) is 7.25. The first-order valence-electron chi connectivity index (χ1n) is 6.02. The van der Waals surface area contributed by atoms with Crippen molar-refractivity contribution in [2.24, 2.45) is 0 Å². The van der Waals surface area contributed by atoms with Crippen LogP contribution in [0.2, 0.25) is 0 Å². The van der Waals surface area contributed by atoms with Crippen molar-refractivity contribution in [2.45, 2.75) is 24.8 Å². The molecule has 96 valence electrons. The van der Waals surface area contributed by atoms with E-state index in [1.54, 1.807) is 16.9 Å². The number of hydrogen-bond donors (Lipinski definition) is 0. The fourth-order valence-corrected chi connectivity index (χ4v) is 4.71. The van der Waals surface area contributed by atoms with Gasteiger partial charge in [-0.05, 0) is 0 Å². The monoisotopic (exact) mass is 418 g/mol. The summed E-state index contributed by atoms with van der Waals surface area (Å²) in [5, 5.41) is 0. The zero-order chi connectivity index (χ0) is 12.9. The van der Waals surface area contributed by atoms with Crippen LogP contribution in [0.3, 0.4) is 0 Å². The Morgan fingerprint density at radius 2 is 2.17 bits per heavy atom. The van der Waals surface area contributed by atoms with Crippen LogP contribution < -0.4 is 4.48 Å². The second-order valence-electron chi connectivity index (χ2n) is 5.08. The van der Waals surface area contributed by atoms with E-state index in [0.29, 0.717) is 12.0 Å². The molecule has 0 radical (unpaired) electrons. The third-order valence-electron chi connectivity index (χ3n) is 3.78. The molecule has 1 aliphatic carbocycles. The molecule has 18 heavy (non-hydrogen) atoms. The van der Waals surface area contributed by atoms with E-state index in [9.17, 15) is 0 Å². The summed E-state index contributed by atoms with van der Waals surface area (Å²) in [6.45, 7) is 0. The van der Waals surface area contributed by atoms with Gasteiger partial charge in [0, 0.05) is 0 Å². The Hall–Kier alpha value is -0.132. The zero-order valence-electron chi connectivity index (χ0n) is 10.5. The summed E-state index contributed by atoms with van der Waals surface area (Å²) in [5.41, 5.74) is 1.20. The molecule has 6 heteroatoms. The Morgan fingerprint density at radius 1 is 1.44 bits per heavy atom. The third kappa shape index (κ3) is 2.00. The minimum atomic E-state index is 0.600. The number of hydrogen-bond acceptors (Lipinski definition) is 3. The van der Waals surface area contributed by atoms with Crippen LogP contribution in [-0.4, -0.2) is 56.3 Å². The molecule has 1 fully saturated rings. The molecule has 2 heterocycles. The van der Waals surface area contributed by atoms with Gasteiger partial charge < -0.3 is 0 Å². The predicted molar refractivity (Wildman–Crippen MR) is 83.3 cm³/mol. The predicted octanol–water partition coefficient (Wildman–Crippen LogP) is 0.400. The van der Waals surface area contributed by atoms with Crippen LogP contribution in [0.4, 0.5) is 0 Å². The van der Waals surface area contributed by atoms with Crippen LogP contribution in [0, 0.1) is 3.70 Å². The van der Waals surface area contributed by atoms with Crippen molar-refractivity contribution in [3.63, 3.8) is 0 Å². The molecule has 0 bridgehead atoms. The van der Waals surface area contributed by atoms with Gasteiger partial charge in [0.25, 0.3) is 0 Å². The molecule has 3 rings (SSSR count). The van der Waals surface area contributed by atoms with Crippen molar-refractivity contribution in [1.82, 2.24) is 19.3 Å². The first kappa shape index (κ1) is 12.9. The number of fused-ring (bicyclic) bond motifs is 1. The quantitative estimate of drug-likeness (QED) is 0.524. The van der Waals surface area contributed by atoms with E-state index in [1.807, 2.05) is 12.4 Å². The SMILES string of the molecule is CN(C)C1CC(c2nc(I)c3c([AsH2])nccn23)C1. The van der Waals surface area contributed by atoms with Crippen LogP contribution in [0.1, 0.15) is 24.6 Å². The van der Waals surface area contributed by atoms with Gasteiger partial charge in [-0.2, -0.15) is 0 Å². The van der Waals surface area contributed by atoms with Gasteiger partial charge in [0.15, 0.2) is 0 Å². The number of imidazole rings is 1. The molecule has 0 amide bonds. The Bertz CT molecular complexity index is 589. The topological polar surface area (TPSA) is 33.4 Å². The minimum absolute atomic E-state index is 0.600. The summed E-state index contributed by atoms with van der Waals surface area (Å²) >= 11 is 3.89. The fraction of sp³-hybridized carbons (Fsp3) is 0.500. The van der Waals surface area contributed by atoms with Crippen LogP contribution in [0.15, 0.2) is 12.4 Å². The normalized spacial score (nSPS) is 23.6. The van der Waals surface area contributed by atoms with E-state index in [1.165, 1.54) is 24.2 Å². The molecule has 0 aliphatic heterocycles. The number of halogens is 1. The molecular formula is C12H16AsIN4. The van der Waals surface area contributed by atoms with Gasteiger partial charge in [0.05, 0.1) is 0 Å². The van der Waals surface area contributed by atoms with Crippen LogP contribution >= 0.6 is 22.6 Å². The molecule has 1 saturated carbocycles. The summed E-state index contributed by atoms with van der Waals surface area (Å²) in [6, 6.07) is 0.715. The molecule has 2 aromatic rings. The molecule has 1 aliphatic rings. The number of aromatic nitrogens is 3. The van der Waals surface area contributed by atoms with Crippen LogP contribution in [0.5, 0.6) is 0 Å². The standard InChI is InChI=1S/C12H16AsIN4/c1-17(2)8-5-7(6-8)12-16-11(14)9-10(13)15-3-4-18(9)12/h3-4,7-8H,5-6,13H2,1-2H3. The molecule has 0 saturated heterocycles. The fourth-order valence-electron chi connectivity index (χ4n) is 2.55. The van der Waals surface area contributed by atoms with Crippen LogP contribution in [0.25, 0.3) is 5.52 Å². The van der Waals surface area contributed by atoms with Gasteiger partial charge in [-0.25, -0.2) is 0 Å². The third-order valence-corrected chi connectivity index (χ3v) is 5.42.